The first-order valence-corrected chi connectivity index (χ1v) is 7.49. The first-order valence-electron chi connectivity index (χ1n) is 7.49. The van der Waals surface area contributed by atoms with Crippen molar-refractivity contribution in [3.05, 3.63) is 77.6 Å². The van der Waals surface area contributed by atoms with Crippen LogP contribution in [0.5, 0.6) is 0 Å². The summed E-state index contributed by atoms with van der Waals surface area (Å²) in [7, 11) is 0. The number of hydrogen-bond donors (Lipinski definition) is 0. The van der Waals surface area contributed by atoms with Crippen molar-refractivity contribution in [2.75, 3.05) is 0 Å². The van der Waals surface area contributed by atoms with E-state index < -0.39 is 5.82 Å². The molecule has 0 saturated carbocycles. The lowest BCUT2D eigenvalue weighted by molar-refractivity contribution is 0.103. The highest BCUT2D eigenvalue weighted by molar-refractivity contribution is 6.11. The summed E-state index contributed by atoms with van der Waals surface area (Å²) in [6.07, 6.45) is 3.30. The van der Waals surface area contributed by atoms with Crippen LogP contribution in [-0.2, 0) is 6.42 Å². The quantitative estimate of drug-likeness (QED) is 0.677. The second-order valence-corrected chi connectivity index (χ2v) is 5.22. The maximum absolute atomic E-state index is 13.4. The lowest BCUT2D eigenvalue weighted by Gasteiger charge is -2.11. The molecule has 0 aliphatic carbocycles. The Morgan fingerprint density at radius 1 is 1.17 bits per heavy atom. The maximum atomic E-state index is 13.4. The van der Waals surface area contributed by atoms with Gasteiger partial charge in [0.15, 0.2) is 5.78 Å². The van der Waals surface area contributed by atoms with Gasteiger partial charge in [0.2, 0.25) is 0 Å². The number of nitrogens with zero attached hydrogens (tertiary/aromatic N) is 3. The smallest absolute Gasteiger partial charge is 0.195 e. The van der Waals surface area contributed by atoms with Crippen molar-refractivity contribution < 1.29 is 9.18 Å². The molecule has 3 rings (SSSR count). The van der Waals surface area contributed by atoms with Gasteiger partial charge in [0.1, 0.15) is 18.0 Å². The molecule has 0 aliphatic rings. The normalized spacial score (nSPS) is 10.7. The van der Waals surface area contributed by atoms with Crippen molar-refractivity contribution >= 4 is 5.78 Å². The molecular weight excluding hydrogens is 293 g/mol. The number of aryl methyl sites for hydroxylation is 1. The summed E-state index contributed by atoms with van der Waals surface area (Å²) in [5.41, 5.74) is 1.52. The van der Waals surface area contributed by atoms with Gasteiger partial charge in [-0.1, -0.05) is 31.2 Å². The summed E-state index contributed by atoms with van der Waals surface area (Å²) in [5.74, 6) is 0.146. The first-order chi connectivity index (χ1) is 11.2. The Kier molecular flexibility index (Phi) is 4.28. The van der Waals surface area contributed by atoms with Crippen molar-refractivity contribution in [1.29, 1.82) is 0 Å². The molecule has 0 aliphatic heterocycles. The van der Waals surface area contributed by atoms with Gasteiger partial charge in [-0.05, 0) is 30.7 Å². The minimum Gasteiger partial charge on any atom is -0.289 e. The number of para-hydroxylation sites is 1. The van der Waals surface area contributed by atoms with Gasteiger partial charge in [-0.2, -0.15) is 0 Å². The van der Waals surface area contributed by atoms with Crippen LogP contribution in [0.15, 0.2) is 54.9 Å². The zero-order chi connectivity index (χ0) is 16.2. The molecule has 5 heteroatoms. The third-order valence-electron chi connectivity index (χ3n) is 3.59. The lowest BCUT2D eigenvalue weighted by atomic mass is 10.0. The molecule has 0 radical (unpaired) electrons. The van der Waals surface area contributed by atoms with E-state index >= 15 is 0 Å². The van der Waals surface area contributed by atoms with E-state index in [1.807, 2.05) is 16.7 Å². The second kappa shape index (κ2) is 6.52. The van der Waals surface area contributed by atoms with E-state index in [1.165, 1.54) is 18.2 Å². The van der Waals surface area contributed by atoms with Gasteiger partial charge in [-0.15, -0.1) is 10.2 Å². The summed E-state index contributed by atoms with van der Waals surface area (Å²) in [6.45, 7) is 2.06. The molecule has 0 unspecified atom stereocenters. The standard InChI is InChI=1S/C18H16FN3O/c1-2-6-17-21-20-12-22(17)16-10-4-3-9-15(16)18(23)13-7-5-8-14(19)11-13/h3-5,7-12H,2,6H2,1H3. The molecule has 0 N–H and O–H groups in total. The number of rotatable bonds is 5. The van der Waals surface area contributed by atoms with Gasteiger partial charge in [0, 0.05) is 17.5 Å². The van der Waals surface area contributed by atoms with Crippen LogP contribution in [-0.4, -0.2) is 20.5 Å². The average molecular weight is 309 g/mol. The fraction of sp³-hybridized carbons (Fsp3) is 0.167. The van der Waals surface area contributed by atoms with Crippen molar-refractivity contribution in [2.24, 2.45) is 0 Å². The highest BCUT2D eigenvalue weighted by Crippen LogP contribution is 2.20. The van der Waals surface area contributed by atoms with E-state index in [4.69, 9.17) is 0 Å². The maximum Gasteiger partial charge on any atom is 0.195 e. The lowest BCUT2D eigenvalue weighted by Crippen LogP contribution is -2.09. The van der Waals surface area contributed by atoms with Crippen LogP contribution in [0.1, 0.15) is 35.1 Å². The molecule has 2 aromatic carbocycles. The molecule has 0 saturated heterocycles. The molecule has 3 aromatic rings. The van der Waals surface area contributed by atoms with Crippen LogP contribution in [0.2, 0.25) is 0 Å². The summed E-state index contributed by atoms with van der Waals surface area (Å²) < 4.78 is 15.2. The van der Waals surface area contributed by atoms with Gasteiger partial charge in [0.05, 0.1) is 5.69 Å². The Hall–Kier alpha value is -2.82. The molecule has 1 aromatic heterocycles. The molecule has 1 heterocycles. The highest BCUT2D eigenvalue weighted by atomic mass is 19.1. The number of ketones is 1. The molecule has 4 nitrogen and oxygen atoms in total. The van der Waals surface area contributed by atoms with Gasteiger partial charge < -0.3 is 0 Å². The fourth-order valence-corrected chi connectivity index (χ4v) is 2.52. The van der Waals surface area contributed by atoms with Gasteiger partial charge in [-0.3, -0.25) is 9.36 Å². The predicted octanol–water partition coefficient (Wildman–Crippen LogP) is 3.59. The van der Waals surface area contributed by atoms with Crippen molar-refractivity contribution in [1.82, 2.24) is 14.8 Å². The second-order valence-electron chi connectivity index (χ2n) is 5.22. The number of hydrogen-bond acceptors (Lipinski definition) is 3. The Morgan fingerprint density at radius 2 is 2.00 bits per heavy atom. The van der Waals surface area contributed by atoms with Gasteiger partial charge in [0.25, 0.3) is 0 Å². The Bertz CT molecular complexity index is 842. The monoisotopic (exact) mass is 309 g/mol. The molecule has 0 amide bonds. The van der Waals surface area contributed by atoms with Crippen molar-refractivity contribution in [2.45, 2.75) is 19.8 Å². The minimum absolute atomic E-state index is 0.226. The zero-order valence-corrected chi connectivity index (χ0v) is 12.7. The Labute approximate surface area is 133 Å². The molecule has 0 bridgehead atoms. The van der Waals surface area contributed by atoms with Gasteiger partial charge in [-0.25, -0.2) is 4.39 Å². The van der Waals surface area contributed by atoms with Crippen molar-refractivity contribution in [3.8, 4) is 5.69 Å². The molecule has 116 valence electrons. The van der Waals surface area contributed by atoms with Crippen LogP contribution in [0.25, 0.3) is 5.69 Å². The van der Waals surface area contributed by atoms with Crippen LogP contribution in [0.3, 0.4) is 0 Å². The summed E-state index contributed by atoms with van der Waals surface area (Å²) in [4.78, 5) is 12.8. The van der Waals surface area contributed by atoms with E-state index in [0.717, 1.165) is 18.7 Å². The van der Waals surface area contributed by atoms with E-state index in [1.54, 1.807) is 24.5 Å². The summed E-state index contributed by atoms with van der Waals surface area (Å²) >= 11 is 0. The van der Waals surface area contributed by atoms with E-state index in [0.29, 0.717) is 16.8 Å². The number of carbonyl (C=O) groups is 1. The van der Waals surface area contributed by atoms with E-state index in [9.17, 15) is 9.18 Å². The van der Waals surface area contributed by atoms with Crippen LogP contribution >= 0.6 is 0 Å². The summed E-state index contributed by atoms with van der Waals surface area (Å²) in [6, 6.07) is 12.9. The van der Waals surface area contributed by atoms with Crippen LogP contribution in [0, 0.1) is 5.82 Å². The number of halogens is 1. The third-order valence-corrected chi connectivity index (χ3v) is 3.59. The summed E-state index contributed by atoms with van der Waals surface area (Å²) in [5, 5.41) is 8.06. The Morgan fingerprint density at radius 3 is 2.78 bits per heavy atom. The number of carbonyl (C=O) groups excluding carboxylic acids is 1. The first kappa shape index (κ1) is 15.1. The zero-order valence-electron chi connectivity index (χ0n) is 12.7. The van der Waals surface area contributed by atoms with Crippen molar-refractivity contribution in [3.63, 3.8) is 0 Å². The number of benzene rings is 2. The fourth-order valence-electron chi connectivity index (χ4n) is 2.52. The van der Waals surface area contributed by atoms with Gasteiger partial charge >= 0.3 is 0 Å². The molecule has 23 heavy (non-hydrogen) atoms. The van der Waals surface area contributed by atoms with E-state index in [2.05, 4.69) is 17.1 Å². The van der Waals surface area contributed by atoms with E-state index in [-0.39, 0.29) is 5.78 Å². The minimum atomic E-state index is -0.427. The topological polar surface area (TPSA) is 47.8 Å². The highest BCUT2D eigenvalue weighted by Gasteiger charge is 2.17. The molecule has 0 atom stereocenters. The molecule has 0 fully saturated rings. The predicted molar refractivity (Wildman–Crippen MR) is 85.2 cm³/mol. The largest absolute Gasteiger partial charge is 0.289 e. The Balaban J connectivity index is 2.08. The molecular formula is C18H16FN3O. The van der Waals surface area contributed by atoms with Crippen LogP contribution < -0.4 is 0 Å². The number of aromatic nitrogens is 3. The molecule has 0 spiro atoms. The average Bonchev–Trinajstić information content (AvgIpc) is 3.03. The third kappa shape index (κ3) is 3.04. The SMILES string of the molecule is CCCc1nncn1-c1ccccc1C(=O)c1cccc(F)c1. The van der Waals surface area contributed by atoms with Crippen LogP contribution in [0.4, 0.5) is 4.39 Å².